The third-order valence-electron chi connectivity index (χ3n) is 4.61. The molecule has 2 aromatic rings. The first-order chi connectivity index (χ1) is 12.9. The number of rotatable bonds is 4. The van der Waals surface area contributed by atoms with Gasteiger partial charge in [0.05, 0.1) is 0 Å². The zero-order valence-electron chi connectivity index (χ0n) is 16.0. The number of benzene rings is 1. The van der Waals surface area contributed by atoms with E-state index in [9.17, 15) is 9.59 Å². The van der Waals surface area contributed by atoms with Crippen molar-refractivity contribution in [1.29, 1.82) is 0 Å². The van der Waals surface area contributed by atoms with Crippen molar-refractivity contribution in [3.8, 4) is 0 Å². The summed E-state index contributed by atoms with van der Waals surface area (Å²) in [6, 6.07) is 9.64. The first kappa shape index (κ1) is 18.8. The summed E-state index contributed by atoms with van der Waals surface area (Å²) in [5.74, 6) is 0.249. The van der Waals surface area contributed by atoms with E-state index >= 15 is 0 Å². The standard InChI is InChI=1S/C20H25N5O2/c1-20(2,3)15-6-4-5-7-16(15)22-19-21-9-8-17(23-19)18(27)25-12-10-24(14-26)11-13-25/h4-9,14H,10-13H2,1-3H3,(H,21,22,23). The Morgan fingerprint density at radius 3 is 2.48 bits per heavy atom. The zero-order valence-corrected chi connectivity index (χ0v) is 16.0. The molecular formula is C20H25N5O2. The molecule has 7 heteroatoms. The van der Waals surface area contributed by atoms with Crippen molar-refractivity contribution >= 4 is 24.0 Å². The first-order valence-electron chi connectivity index (χ1n) is 9.06. The van der Waals surface area contributed by atoms with Crippen LogP contribution in [0.3, 0.4) is 0 Å². The molecule has 0 bridgehead atoms. The zero-order chi connectivity index (χ0) is 19.4. The molecule has 1 N–H and O–H groups in total. The summed E-state index contributed by atoms with van der Waals surface area (Å²) >= 11 is 0. The number of piperazine rings is 1. The van der Waals surface area contributed by atoms with E-state index < -0.39 is 0 Å². The monoisotopic (exact) mass is 367 g/mol. The molecule has 1 aliphatic heterocycles. The lowest BCUT2D eigenvalue weighted by molar-refractivity contribution is -0.119. The summed E-state index contributed by atoms with van der Waals surface area (Å²) in [5.41, 5.74) is 2.39. The highest BCUT2D eigenvalue weighted by molar-refractivity contribution is 5.92. The molecule has 1 fully saturated rings. The first-order valence-corrected chi connectivity index (χ1v) is 9.06. The van der Waals surface area contributed by atoms with Gasteiger partial charge in [-0.3, -0.25) is 9.59 Å². The van der Waals surface area contributed by atoms with Gasteiger partial charge in [-0.05, 0) is 23.1 Å². The smallest absolute Gasteiger partial charge is 0.272 e. The molecule has 2 amide bonds. The van der Waals surface area contributed by atoms with Crippen LogP contribution in [0.5, 0.6) is 0 Å². The normalized spacial score (nSPS) is 14.8. The van der Waals surface area contributed by atoms with Crippen LogP contribution in [-0.4, -0.2) is 58.3 Å². The van der Waals surface area contributed by atoms with Crippen molar-refractivity contribution in [1.82, 2.24) is 19.8 Å². The Balaban J connectivity index is 1.77. The quantitative estimate of drug-likeness (QED) is 0.840. The fourth-order valence-electron chi connectivity index (χ4n) is 3.10. The van der Waals surface area contributed by atoms with E-state index in [4.69, 9.17) is 0 Å². The van der Waals surface area contributed by atoms with E-state index in [1.165, 1.54) is 0 Å². The van der Waals surface area contributed by atoms with E-state index in [2.05, 4.69) is 42.1 Å². The van der Waals surface area contributed by atoms with Crippen LogP contribution >= 0.6 is 0 Å². The average molecular weight is 367 g/mol. The molecule has 1 aliphatic rings. The summed E-state index contributed by atoms with van der Waals surface area (Å²) in [6.07, 6.45) is 2.41. The van der Waals surface area contributed by atoms with Gasteiger partial charge in [0.25, 0.3) is 5.91 Å². The van der Waals surface area contributed by atoms with E-state index in [1.54, 1.807) is 22.1 Å². The molecule has 0 atom stereocenters. The molecule has 0 spiro atoms. The van der Waals surface area contributed by atoms with E-state index in [1.807, 2.05) is 18.2 Å². The Hall–Kier alpha value is -2.96. The molecule has 0 unspecified atom stereocenters. The minimum Gasteiger partial charge on any atom is -0.342 e. The highest BCUT2D eigenvalue weighted by Gasteiger charge is 2.23. The van der Waals surface area contributed by atoms with Crippen LogP contribution in [-0.2, 0) is 10.2 Å². The number of nitrogens with zero attached hydrogens (tertiary/aromatic N) is 4. The van der Waals surface area contributed by atoms with E-state index in [0.29, 0.717) is 37.8 Å². The van der Waals surface area contributed by atoms with Crippen LogP contribution in [0.4, 0.5) is 11.6 Å². The number of nitrogens with one attached hydrogen (secondary N) is 1. The van der Waals surface area contributed by atoms with Crippen molar-refractivity contribution in [2.45, 2.75) is 26.2 Å². The molecule has 142 valence electrons. The third-order valence-corrected chi connectivity index (χ3v) is 4.61. The Bertz CT molecular complexity index is 823. The molecule has 3 rings (SSSR count). The maximum absolute atomic E-state index is 12.7. The molecule has 0 aliphatic carbocycles. The average Bonchev–Trinajstić information content (AvgIpc) is 2.67. The van der Waals surface area contributed by atoms with Gasteiger partial charge < -0.3 is 15.1 Å². The maximum Gasteiger partial charge on any atom is 0.272 e. The van der Waals surface area contributed by atoms with Gasteiger partial charge in [-0.2, -0.15) is 0 Å². The summed E-state index contributed by atoms with van der Waals surface area (Å²) < 4.78 is 0. The summed E-state index contributed by atoms with van der Waals surface area (Å²) in [7, 11) is 0. The minimum atomic E-state index is -0.143. The summed E-state index contributed by atoms with van der Waals surface area (Å²) in [6.45, 7) is 8.55. The fourth-order valence-corrected chi connectivity index (χ4v) is 3.10. The number of para-hydroxylation sites is 1. The molecule has 1 saturated heterocycles. The molecule has 2 heterocycles. The summed E-state index contributed by atoms with van der Waals surface area (Å²) in [5, 5.41) is 3.25. The molecule has 1 aromatic heterocycles. The number of anilines is 2. The fraction of sp³-hybridized carbons (Fsp3) is 0.400. The molecule has 7 nitrogen and oxygen atoms in total. The van der Waals surface area contributed by atoms with Gasteiger partial charge in [0.1, 0.15) is 5.69 Å². The number of aromatic nitrogens is 2. The van der Waals surface area contributed by atoms with Crippen molar-refractivity contribution in [3.05, 3.63) is 47.8 Å². The van der Waals surface area contributed by atoms with Gasteiger partial charge >= 0.3 is 0 Å². The Morgan fingerprint density at radius 2 is 1.81 bits per heavy atom. The van der Waals surface area contributed by atoms with E-state index in [0.717, 1.165) is 17.7 Å². The number of amides is 2. The van der Waals surface area contributed by atoms with Gasteiger partial charge in [-0.15, -0.1) is 0 Å². The predicted molar refractivity (Wildman–Crippen MR) is 104 cm³/mol. The number of hydrogen-bond donors (Lipinski definition) is 1. The third kappa shape index (κ3) is 4.42. The second-order valence-corrected chi connectivity index (χ2v) is 7.62. The highest BCUT2D eigenvalue weighted by atomic mass is 16.2. The molecule has 0 radical (unpaired) electrons. The lowest BCUT2D eigenvalue weighted by atomic mass is 9.86. The van der Waals surface area contributed by atoms with Gasteiger partial charge in [-0.25, -0.2) is 9.97 Å². The topological polar surface area (TPSA) is 78.4 Å². The second kappa shape index (κ2) is 7.73. The van der Waals surface area contributed by atoms with Gasteiger partial charge in [0, 0.05) is 38.1 Å². The van der Waals surface area contributed by atoms with Crippen molar-refractivity contribution in [2.24, 2.45) is 0 Å². The summed E-state index contributed by atoms with van der Waals surface area (Å²) in [4.78, 5) is 35.6. The second-order valence-electron chi connectivity index (χ2n) is 7.62. The Kier molecular flexibility index (Phi) is 5.39. The minimum absolute atomic E-state index is 0.0325. The van der Waals surface area contributed by atoms with Crippen LogP contribution in [0.2, 0.25) is 0 Å². The number of hydrogen-bond acceptors (Lipinski definition) is 5. The van der Waals surface area contributed by atoms with Gasteiger partial charge in [0.2, 0.25) is 12.4 Å². The predicted octanol–water partition coefficient (Wildman–Crippen LogP) is 2.43. The van der Waals surface area contributed by atoms with Crippen molar-refractivity contribution in [2.75, 3.05) is 31.5 Å². The maximum atomic E-state index is 12.7. The number of carbonyl (C=O) groups excluding carboxylic acids is 2. The van der Waals surface area contributed by atoms with Crippen LogP contribution < -0.4 is 5.32 Å². The number of carbonyl (C=O) groups is 2. The lowest BCUT2D eigenvalue weighted by Crippen LogP contribution is -2.48. The molecular weight excluding hydrogens is 342 g/mol. The van der Waals surface area contributed by atoms with Gasteiger partial charge in [0.15, 0.2) is 0 Å². The molecule has 27 heavy (non-hydrogen) atoms. The van der Waals surface area contributed by atoms with Crippen molar-refractivity contribution < 1.29 is 9.59 Å². The Labute approximate surface area is 159 Å². The van der Waals surface area contributed by atoms with Crippen molar-refractivity contribution in [3.63, 3.8) is 0 Å². The van der Waals surface area contributed by atoms with Gasteiger partial charge in [-0.1, -0.05) is 39.0 Å². The highest BCUT2D eigenvalue weighted by Crippen LogP contribution is 2.30. The lowest BCUT2D eigenvalue weighted by Gasteiger charge is -2.32. The molecule has 1 aromatic carbocycles. The van der Waals surface area contributed by atoms with Crippen LogP contribution in [0.25, 0.3) is 0 Å². The van der Waals surface area contributed by atoms with E-state index in [-0.39, 0.29) is 11.3 Å². The van der Waals surface area contributed by atoms with Crippen LogP contribution in [0.15, 0.2) is 36.5 Å². The SMILES string of the molecule is CC(C)(C)c1ccccc1Nc1nccc(C(=O)N2CCN(C=O)CC2)n1. The van der Waals surface area contributed by atoms with Crippen LogP contribution in [0, 0.1) is 0 Å². The Morgan fingerprint density at radius 1 is 1.11 bits per heavy atom. The van der Waals surface area contributed by atoms with Crippen LogP contribution in [0.1, 0.15) is 36.8 Å². The molecule has 0 saturated carbocycles. The largest absolute Gasteiger partial charge is 0.342 e.